The molecule has 1 fully saturated rings. The highest BCUT2D eigenvalue weighted by atomic mass is 32.2. The van der Waals surface area contributed by atoms with Crippen LogP contribution in [0.1, 0.15) is 37.7 Å². The summed E-state index contributed by atoms with van der Waals surface area (Å²) in [7, 11) is 0. The molecule has 3 rings (SSSR count). The van der Waals surface area contributed by atoms with Crippen LogP contribution in [0.25, 0.3) is 0 Å². The molecule has 0 amide bonds. The molecule has 1 aliphatic heterocycles. The molecule has 1 aromatic carbocycles. The number of hydrogen-bond donors (Lipinski definition) is 0. The summed E-state index contributed by atoms with van der Waals surface area (Å²) in [5.74, 6) is 0.996. The van der Waals surface area contributed by atoms with Gasteiger partial charge in [0, 0.05) is 10.1 Å². The highest BCUT2D eigenvalue weighted by molar-refractivity contribution is 8.00. The molecular formula is C14H18S. The number of thioether (sulfide) groups is 1. The Balaban J connectivity index is 1.72. The van der Waals surface area contributed by atoms with Gasteiger partial charge in [-0.2, -0.15) is 0 Å². The van der Waals surface area contributed by atoms with Crippen LogP contribution in [0.3, 0.4) is 0 Å². The Morgan fingerprint density at radius 3 is 2.60 bits per heavy atom. The van der Waals surface area contributed by atoms with Crippen molar-refractivity contribution in [2.24, 2.45) is 5.92 Å². The Morgan fingerprint density at radius 1 is 1.00 bits per heavy atom. The molecule has 0 saturated heterocycles. The van der Waals surface area contributed by atoms with Gasteiger partial charge in [-0.15, -0.1) is 11.8 Å². The maximum atomic E-state index is 2.31. The van der Waals surface area contributed by atoms with Crippen LogP contribution < -0.4 is 0 Å². The van der Waals surface area contributed by atoms with Crippen molar-refractivity contribution in [2.75, 3.05) is 0 Å². The van der Waals surface area contributed by atoms with Crippen LogP contribution in [0.15, 0.2) is 29.2 Å². The van der Waals surface area contributed by atoms with Crippen LogP contribution >= 0.6 is 11.8 Å². The van der Waals surface area contributed by atoms with Crippen molar-refractivity contribution in [3.8, 4) is 0 Å². The van der Waals surface area contributed by atoms with E-state index in [-0.39, 0.29) is 0 Å². The summed E-state index contributed by atoms with van der Waals surface area (Å²) in [6.45, 7) is 0. The molecule has 2 aliphatic rings. The average Bonchev–Trinajstić information content (AvgIpc) is 2.74. The first-order chi connectivity index (χ1) is 7.43. The second kappa shape index (κ2) is 4.21. The van der Waals surface area contributed by atoms with Gasteiger partial charge in [0.15, 0.2) is 0 Å². The minimum Gasteiger partial charge on any atom is -0.122 e. The summed E-state index contributed by atoms with van der Waals surface area (Å²) in [5.41, 5.74) is 1.60. The van der Waals surface area contributed by atoms with Crippen molar-refractivity contribution in [1.29, 1.82) is 0 Å². The predicted octanol–water partition coefficient (Wildman–Crippen LogP) is 4.28. The number of hydrogen-bond acceptors (Lipinski definition) is 1. The number of fused-ring (bicyclic) bond motifs is 1. The fourth-order valence-corrected chi connectivity index (χ4v) is 4.49. The van der Waals surface area contributed by atoms with Gasteiger partial charge in [-0.1, -0.05) is 37.5 Å². The van der Waals surface area contributed by atoms with Crippen molar-refractivity contribution < 1.29 is 0 Å². The first kappa shape index (κ1) is 9.77. The zero-order chi connectivity index (χ0) is 10.1. The average molecular weight is 218 g/mol. The SMILES string of the molecule is c1ccc2c(c1)CC(C1CCCCC1)S2. The third-order valence-electron chi connectivity index (χ3n) is 3.85. The fraction of sp³-hybridized carbons (Fsp3) is 0.571. The Hall–Kier alpha value is -0.430. The smallest absolute Gasteiger partial charge is 0.0163 e. The van der Waals surface area contributed by atoms with Crippen molar-refractivity contribution >= 4 is 11.8 Å². The predicted molar refractivity (Wildman–Crippen MR) is 66.4 cm³/mol. The molecule has 0 nitrogen and oxygen atoms in total. The maximum Gasteiger partial charge on any atom is 0.0163 e. The van der Waals surface area contributed by atoms with Crippen molar-refractivity contribution in [3.05, 3.63) is 29.8 Å². The fourth-order valence-electron chi connectivity index (χ4n) is 2.98. The molecule has 80 valence electrons. The first-order valence-corrected chi connectivity index (χ1v) is 7.06. The van der Waals surface area contributed by atoms with E-state index in [0.29, 0.717) is 0 Å². The largest absolute Gasteiger partial charge is 0.122 e. The van der Waals surface area contributed by atoms with Gasteiger partial charge in [-0.3, -0.25) is 0 Å². The molecule has 1 heterocycles. The van der Waals surface area contributed by atoms with Crippen LogP contribution in [0.5, 0.6) is 0 Å². The summed E-state index contributed by atoms with van der Waals surface area (Å²) in [5, 5.41) is 0.891. The van der Waals surface area contributed by atoms with E-state index in [0.717, 1.165) is 11.2 Å². The molecule has 0 aromatic heterocycles. The minimum atomic E-state index is 0.891. The van der Waals surface area contributed by atoms with Gasteiger partial charge in [0.1, 0.15) is 0 Å². The quantitative estimate of drug-likeness (QED) is 0.678. The molecule has 0 radical (unpaired) electrons. The second-order valence-electron chi connectivity index (χ2n) is 4.87. The van der Waals surface area contributed by atoms with Crippen molar-refractivity contribution in [3.63, 3.8) is 0 Å². The van der Waals surface area contributed by atoms with E-state index in [9.17, 15) is 0 Å². The third-order valence-corrected chi connectivity index (χ3v) is 5.35. The number of benzene rings is 1. The molecular weight excluding hydrogens is 200 g/mol. The number of rotatable bonds is 1. The standard InChI is InChI=1S/C14H18S/c1-2-6-11(7-3-1)14-10-12-8-4-5-9-13(12)15-14/h4-5,8-9,11,14H,1-3,6-7,10H2. The lowest BCUT2D eigenvalue weighted by Gasteiger charge is -2.26. The second-order valence-corrected chi connectivity index (χ2v) is 6.15. The van der Waals surface area contributed by atoms with Crippen LogP contribution in [-0.2, 0) is 6.42 Å². The van der Waals surface area contributed by atoms with E-state index in [4.69, 9.17) is 0 Å². The molecule has 15 heavy (non-hydrogen) atoms. The Bertz CT molecular complexity index is 314. The van der Waals surface area contributed by atoms with Gasteiger partial charge in [-0.05, 0) is 36.8 Å². The highest BCUT2D eigenvalue weighted by Crippen LogP contribution is 2.44. The summed E-state index contributed by atoms with van der Waals surface area (Å²) in [4.78, 5) is 1.55. The molecule has 1 heteroatoms. The van der Waals surface area contributed by atoms with E-state index >= 15 is 0 Å². The Morgan fingerprint density at radius 2 is 1.80 bits per heavy atom. The lowest BCUT2D eigenvalue weighted by atomic mass is 9.85. The molecule has 0 bridgehead atoms. The molecule has 0 spiro atoms. The third kappa shape index (κ3) is 1.94. The molecule has 1 aliphatic carbocycles. The molecule has 1 saturated carbocycles. The zero-order valence-corrected chi connectivity index (χ0v) is 9.93. The summed E-state index contributed by atoms with van der Waals surface area (Å²) in [6, 6.07) is 8.96. The van der Waals surface area contributed by atoms with Gasteiger partial charge in [-0.25, -0.2) is 0 Å². The summed E-state index contributed by atoms with van der Waals surface area (Å²) < 4.78 is 0. The summed E-state index contributed by atoms with van der Waals surface area (Å²) >= 11 is 2.14. The minimum absolute atomic E-state index is 0.891. The maximum absolute atomic E-state index is 2.31. The summed E-state index contributed by atoms with van der Waals surface area (Å²) in [6.07, 6.45) is 8.69. The van der Waals surface area contributed by atoms with Gasteiger partial charge in [0.05, 0.1) is 0 Å². The lowest BCUT2D eigenvalue weighted by molar-refractivity contribution is 0.349. The Labute approximate surface area is 96.5 Å². The van der Waals surface area contributed by atoms with Crippen molar-refractivity contribution in [2.45, 2.75) is 48.7 Å². The van der Waals surface area contributed by atoms with Crippen LogP contribution in [0.2, 0.25) is 0 Å². The van der Waals surface area contributed by atoms with Gasteiger partial charge >= 0.3 is 0 Å². The highest BCUT2D eigenvalue weighted by Gasteiger charge is 2.29. The monoisotopic (exact) mass is 218 g/mol. The topological polar surface area (TPSA) is 0 Å². The normalized spacial score (nSPS) is 26.5. The molecule has 0 N–H and O–H groups in total. The molecule has 1 aromatic rings. The van der Waals surface area contributed by atoms with Crippen LogP contribution in [0, 0.1) is 5.92 Å². The molecule has 1 unspecified atom stereocenters. The van der Waals surface area contributed by atoms with Crippen molar-refractivity contribution in [1.82, 2.24) is 0 Å². The van der Waals surface area contributed by atoms with Gasteiger partial charge in [0.25, 0.3) is 0 Å². The van der Waals surface area contributed by atoms with E-state index < -0.39 is 0 Å². The van der Waals surface area contributed by atoms with E-state index in [2.05, 4.69) is 36.0 Å². The van der Waals surface area contributed by atoms with Gasteiger partial charge in [0.2, 0.25) is 0 Å². The first-order valence-electron chi connectivity index (χ1n) is 6.18. The lowest BCUT2D eigenvalue weighted by Crippen LogP contribution is -2.19. The van der Waals surface area contributed by atoms with E-state index in [1.807, 2.05) is 0 Å². The van der Waals surface area contributed by atoms with Gasteiger partial charge < -0.3 is 0 Å². The van der Waals surface area contributed by atoms with E-state index in [1.54, 1.807) is 10.5 Å². The van der Waals surface area contributed by atoms with Crippen LogP contribution in [0.4, 0.5) is 0 Å². The zero-order valence-electron chi connectivity index (χ0n) is 9.11. The van der Waals surface area contributed by atoms with Crippen LogP contribution in [-0.4, -0.2) is 5.25 Å². The molecule has 1 atom stereocenters. The van der Waals surface area contributed by atoms with E-state index in [1.165, 1.54) is 38.5 Å². The Kier molecular flexibility index (Phi) is 2.74.